The Balaban J connectivity index is 0.000000272. The molecule has 0 radical (unpaired) electrons. The first-order chi connectivity index (χ1) is 29.6. The molecule has 0 aliphatic heterocycles. The standard InChI is InChI=1S/C20H21F4N5O2.C20H19F4N5O2.CH4/c2*1-2-31-9-3-4-14-5-8-18(25-11-14)20(23,24)19(30,12-29-13-26-27-28-29)16-7-6-15(21)10-17(16)22;/h5-8,10-11,13,30H,2-4,9,12H2,1H3;3-8,10-11,13,30H,2,9,12H2,1H3;1H4/b;4-3+;. The minimum Gasteiger partial charge on any atom is -0.382 e. The van der Waals surface area contributed by atoms with Gasteiger partial charge in [0.1, 0.15) is 47.3 Å². The van der Waals surface area contributed by atoms with Gasteiger partial charge < -0.3 is 19.7 Å². The van der Waals surface area contributed by atoms with Crippen molar-refractivity contribution in [2.24, 2.45) is 0 Å². The van der Waals surface area contributed by atoms with Crippen LogP contribution < -0.4 is 0 Å². The van der Waals surface area contributed by atoms with E-state index < -0.39 is 81.9 Å². The maximum Gasteiger partial charge on any atom is 0.323 e. The van der Waals surface area contributed by atoms with E-state index in [-0.39, 0.29) is 7.43 Å². The van der Waals surface area contributed by atoms with Gasteiger partial charge in [-0.1, -0.05) is 31.7 Å². The monoisotopic (exact) mass is 892 g/mol. The lowest BCUT2D eigenvalue weighted by atomic mass is 9.84. The third-order valence-electron chi connectivity index (χ3n) is 9.30. The average molecular weight is 893 g/mol. The number of alkyl halides is 4. The Morgan fingerprint density at radius 1 is 0.667 bits per heavy atom. The van der Waals surface area contributed by atoms with Gasteiger partial charge in [0.15, 0.2) is 11.2 Å². The summed E-state index contributed by atoms with van der Waals surface area (Å²) in [7, 11) is 0. The van der Waals surface area contributed by atoms with Crippen LogP contribution in [0.4, 0.5) is 35.1 Å². The van der Waals surface area contributed by atoms with E-state index in [0.717, 1.165) is 58.4 Å². The van der Waals surface area contributed by atoms with Crippen LogP contribution in [0.5, 0.6) is 0 Å². The Morgan fingerprint density at radius 2 is 1.17 bits per heavy atom. The molecule has 0 aliphatic rings. The predicted molar refractivity (Wildman–Crippen MR) is 209 cm³/mol. The van der Waals surface area contributed by atoms with Gasteiger partial charge in [0.05, 0.1) is 19.7 Å². The summed E-state index contributed by atoms with van der Waals surface area (Å²) >= 11 is 0. The second-order valence-electron chi connectivity index (χ2n) is 13.5. The van der Waals surface area contributed by atoms with Crippen LogP contribution in [0.2, 0.25) is 0 Å². The van der Waals surface area contributed by atoms with E-state index in [1.807, 2.05) is 13.8 Å². The van der Waals surface area contributed by atoms with Gasteiger partial charge in [-0.3, -0.25) is 9.97 Å². The average Bonchev–Trinajstić information content (AvgIpc) is 3.96. The van der Waals surface area contributed by atoms with Gasteiger partial charge in [-0.05, 0) is 95.1 Å². The molecule has 63 heavy (non-hydrogen) atoms. The highest BCUT2D eigenvalue weighted by molar-refractivity contribution is 5.48. The van der Waals surface area contributed by atoms with Crippen molar-refractivity contribution in [3.8, 4) is 0 Å². The Hall–Kier alpha value is -6.10. The first-order valence-electron chi connectivity index (χ1n) is 18.8. The molecular formula is C41H44F8N10O4. The van der Waals surface area contributed by atoms with Crippen molar-refractivity contribution >= 4 is 6.08 Å². The van der Waals surface area contributed by atoms with Crippen LogP contribution in [0.3, 0.4) is 0 Å². The topological polar surface area (TPSA) is 172 Å². The van der Waals surface area contributed by atoms with E-state index in [1.165, 1.54) is 24.5 Å². The molecule has 2 unspecified atom stereocenters. The number of aryl methyl sites for hydroxylation is 1. The number of ether oxygens (including phenoxy) is 2. The van der Waals surface area contributed by atoms with E-state index in [4.69, 9.17) is 9.47 Å². The van der Waals surface area contributed by atoms with Crippen LogP contribution in [-0.2, 0) is 52.0 Å². The van der Waals surface area contributed by atoms with Crippen molar-refractivity contribution in [3.05, 3.63) is 149 Å². The summed E-state index contributed by atoms with van der Waals surface area (Å²) in [6.45, 7) is 3.91. The van der Waals surface area contributed by atoms with E-state index in [0.29, 0.717) is 62.5 Å². The zero-order chi connectivity index (χ0) is 45.0. The van der Waals surface area contributed by atoms with Gasteiger partial charge in [0.2, 0.25) is 0 Å². The highest BCUT2D eigenvalue weighted by Gasteiger charge is 2.59. The number of halogens is 8. The predicted octanol–water partition coefficient (Wildman–Crippen LogP) is 6.71. The zero-order valence-electron chi connectivity index (χ0n) is 33.1. The molecule has 0 aliphatic carbocycles. The van der Waals surface area contributed by atoms with Crippen molar-refractivity contribution in [3.63, 3.8) is 0 Å². The van der Waals surface area contributed by atoms with Crippen LogP contribution in [0.15, 0.2) is 91.8 Å². The number of hydrogen-bond donors (Lipinski definition) is 2. The summed E-state index contributed by atoms with van der Waals surface area (Å²) in [5.74, 6) is -12.8. The molecule has 0 bridgehead atoms. The molecule has 6 aromatic rings. The van der Waals surface area contributed by atoms with Crippen LogP contribution in [0.25, 0.3) is 6.08 Å². The molecule has 2 N–H and O–H groups in total. The minimum atomic E-state index is -4.09. The molecule has 6 rings (SSSR count). The summed E-state index contributed by atoms with van der Waals surface area (Å²) in [5.41, 5.74) is -8.31. The first-order valence-corrected chi connectivity index (χ1v) is 18.8. The second-order valence-corrected chi connectivity index (χ2v) is 13.5. The molecule has 0 amide bonds. The van der Waals surface area contributed by atoms with Crippen molar-refractivity contribution in [2.45, 2.75) is 70.3 Å². The second kappa shape index (κ2) is 21.8. The fourth-order valence-corrected chi connectivity index (χ4v) is 6.10. The third-order valence-corrected chi connectivity index (χ3v) is 9.30. The van der Waals surface area contributed by atoms with Crippen molar-refractivity contribution in [1.82, 2.24) is 50.4 Å². The molecule has 2 aromatic carbocycles. The van der Waals surface area contributed by atoms with Gasteiger partial charge >= 0.3 is 11.8 Å². The van der Waals surface area contributed by atoms with Crippen molar-refractivity contribution in [2.75, 3.05) is 26.4 Å². The Bertz CT molecular complexity index is 2340. The number of tetrazole rings is 2. The number of benzene rings is 2. The molecule has 0 saturated heterocycles. The summed E-state index contributed by atoms with van der Waals surface area (Å²) in [6, 6.07) is 8.85. The van der Waals surface area contributed by atoms with Gasteiger partial charge in [0, 0.05) is 55.5 Å². The Labute approximate surface area is 356 Å². The number of aliphatic hydroxyl groups is 2. The fraction of sp³-hybridized carbons (Fsp3) is 0.366. The van der Waals surface area contributed by atoms with Gasteiger partial charge in [-0.25, -0.2) is 26.9 Å². The molecule has 4 heterocycles. The number of pyridine rings is 2. The van der Waals surface area contributed by atoms with E-state index >= 15 is 17.6 Å². The summed E-state index contributed by atoms with van der Waals surface area (Å²) in [5, 5.41) is 42.5. The lowest BCUT2D eigenvalue weighted by Gasteiger charge is -2.35. The summed E-state index contributed by atoms with van der Waals surface area (Å²) < 4.78 is 130. The number of aromatic nitrogens is 10. The van der Waals surface area contributed by atoms with Crippen molar-refractivity contribution in [1.29, 1.82) is 0 Å². The highest BCUT2D eigenvalue weighted by Crippen LogP contribution is 2.48. The van der Waals surface area contributed by atoms with Crippen LogP contribution in [0.1, 0.15) is 61.3 Å². The molecule has 2 atom stereocenters. The molecular weight excluding hydrogens is 849 g/mol. The first kappa shape index (κ1) is 49.6. The third kappa shape index (κ3) is 11.7. The number of rotatable bonds is 19. The van der Waals surface area contributed by atoms with Crippen LogP contribution >= 0.6 is 0 Å². The van der Waals surface area contributed by atoms with Crippen LogP contribution in [0, 0.1) is 23.3 Å². The molecule has 0 spiro atoms. The largest absolute Gasteiger partial charge is 0.382 e. The van der Waals surface area contributed by atoms with E-state index in [9.17, 15) is 27.8 Å². The number of hydrogen-bond acceptors (Lipinski definition) is 12. The van der Waals surface area contributed by atoms with E-state index in [2.05, 4.69) is 41.0 Å². The maximum absolute atomic E-state index is 15.6. The lowest BCUT2D eigenvalue weighted by molar-refractivity contribution is -0.207. The highest BCUT2D eigenvalue weighted by atomic mass is 19.3. The molecule has 338 valence electrons. The summed E-state index contributed by atoms with van der Waals surface area (Å²) in [4.78, 5) is 7.57. The SMILES string of the molecule is C.CCOC/C=C/c1ccc(C(F)(F)C(O)(Cn2cnnn2)c2ccc(F)cc2F)nc1.CCOCCCc1ccc(C(F)(F)C(O)(Cn2cnnn2)c2ccc(F)cc2F)nc1. The quantitative estimate of drug-likeness (QED) is 0.0652. The molecule has 22 heteroatoms. The zero-order valence-corrected chi connectivity index (χ0v) is 33.1. The van der Waals surface area contributed by atoms with Gasteiger partial charge in [0.25, 0.3) is 0 Å². The van der Waals surface area contributed by atoms with Gasteiger partial charge in [-0.15, -0.1) is 10.2 Å². The lowest BCUT2D eigenvalue weighted by Crippen LogP contribution is -2.48. The van der Waals surface area contributed by atoms with Crippen LogP contribution in [-0.4, -0.2) is 87.0 Å². The van der Waals surface area contributed by atoms with Gasteiger partial charge in [-0.2, -0.15) is 17.6 Å². The molecule has 0 saturated carbocycles. The molecule has 4 aromatic heterocycles. The minimum absolute atomic E-state index is 0. The molecule has 0 fully saturated rings. The Kier molecular flexibility index (Phi) is 17.2. The summed E-state index contributed by atoms with van der Waals surface area (Å²) in [6.07, 6.45) is 9.03. The van der Waals surface area contributed by atoms with Crippen molar-refractivity contribution < 1.29 is 54.8 Å². The Morgan fingerprint density at radius 3 is 1.59 bits per heavy atom. The maximum atomic E-state index is 15.6. The fourth-order valence-electron chi connectivity index (χ4n) is 6.10. The molecule has 14 nitrogen and oxygen atoms in total. The number of nitrogens with zero attached hydrogens (tertiary/aromatic N) is 10. The smallest absolute Gasteiger partial charge is 0.323 e. The van der Waals surface area contributed by atoms with E-state index in [1.54, 1.807) is 12.2 Å². The normalized spacial score (nSPS) is 13.8.